The van der Waals surface area contributed by atoms with Gasteiger partial charge in [-0.05, 0) is 29.8 Å². The molecule has 1 saturated heterocycles. The fourth-order valence-electron chi connectivity index (χ4n) is 3.33. The van der Waals surface area contributed by atoms with E-state index in [1.165, 1.54) is 6.07 Å². The molecule has 156 valence electrons. The highest BCUT2D eigenvalue weighted by molar-refractivity contribution is 5.92. The maximum atomic E-state index is 13.7. The summed E-state index contributed by atoms with van der Waals surface area (Å²) in [6.07, 6.45) is 0. The number of nitrogens with one attached hydrogen (secondary N) is 1. The Labute approximate surface area is 169 Å². The molecule has 1 heterocycles. The van der Waals surface area contributed by atoms with Gasteiger partial charge >= 0.3 is 0 Å². The first-order valence-corrected chi connectivity index (χ1v) is 9.39. The summed E-state index contributed by atoms with van der Waals surface area (Å²) >= 11 is 0. The highest BCUT2D eigenvalue weighted by Gasteiger charge is 2.20. The molecule has 0 saturated carbocycles. The Balaban J connectivity index is 1.47. The van der Waals surface area contributed by atoms with Crippen molar-refractivity contribution in [2.24, 2.45) is 0 Å². The SMILES string of the molecule is COc1ccc(CN2CCN(CC(=O)Nc3ccc(F)cc3F)CC2)cc1OC. The van der Waals surface area contributed by atoms with Crippen LogP contribution in [0.2, 0.25) is 0 Å². The quantitative estimate of drug-likeness (QED) is 0.768. The minimum absolute atomic E-state index is 0.0107. The van der Waals surface area contributed by atoms with Crippen LogP contribution in [0, 0.1) is 11.6 Å². The Hall–Kier alpha value is -2.71. The molecule has 1 aliphatic heterocycles. The number of anilines is 1. The first kappa shape index (κ1) is 21.0. The molecular formula is C21H25F2N3O3. The van der Waals surface area contributed by atoms with Crippen molar-refractivity contribution < 1.29 is 23.0 Å². The van der Waals surface area contributed by atoms with Gasteiger partial charge in [-0.3, -0.25) is 14.6 Å². The van der Waals surface area contributed by atoms with Crippen molar-refractivity contribution >= 4 is 11.6 Å². The van der Waals surface area contributed by atoms with E-state index >= 15 is 0 Å². The van der Waals surface area contributed by atoms with Gasteiger partial charge in [0.15, 0.2) is 11.5 Å². The van der Waals surface area contributed by atoms with Crippen molar-refractivity contribution in [2.75, 3.05) is 52.3 Å². The van der Waals surface area contributed by atoms with Gasteiger partial charge < -0.3 is 14.8 Å². The lowest BCUT2D eigenvalue weighted by molar-refractivity contribution is -0.117. The number of hydrogen-bond donors (Lipinski definition) is 1. The second-order valence-corrected chi connectivity index (χ2v) is 6.91. The first-order valence-electron chi connectivity index (χ1n) is 9.39. The van der Waals surface area contributed by atoms with Gasteiger partial charge in [-0.15, -0.1) is 0 Å². The Kier molecular flexibility index (Phi) is 7.00. The summed E-state index contributed by atoms with van der Waals surface area (Å²) in [5.41, 5.74) is 1.11. The van der Waals surface area contributed by atoms with Gasteiger partial charge in [-0.2, -0.15) is 0 Å². The molecule has 2 aromatic rings. The number of benzene rings is 2. The molecule has 0 atom stereocenters. The number of halogens is 2. The molecule has 3 rings (SSSR count). The number of carbonyl (C=O) groups excluding carboxylic acids is 1. The molecule has 0 aliphatic carbocycles. The van der Waals surface area contributed by atoms with Gasteiger partial charge in [-0.25, -0.2) is 8.78 Å². The minimum atomic E-state index is -0.780. The van der Waals surface area contributed by atoms with Crippen molar-refractivity contribution in [1.29, 1.82) is 0 Å². The Bertz CT molecular complexity index is 855. The third kappa shape index (κ3) is 5.65. The molecule has 1 amide bonds. The number of methoxy groups -OCH3 is 2. The fraction of sp³-hybridized carbons (Fsp3) is 0.381. The highest BCUT2D eigenvalue weighted by atomic mass is 19.1. The summed E-state index contributed by atoms with van der Waals surface area (Å²) in [7, 11) is 3.22. The van der Waals surface area contributed by atoms with Gasteiger partial charge in [0.05, 0.1) is 26.5 Å². The van der Waals surface area contributed by atoms with E-state index < -0.39 is 11.6 Å². The summed E-state index contributed by atoms with van der Waals surface area (Å²) in [6, 6.07) is 8.97. The second-order valence-electron chi connectivity index (χ2n) is 6.91. The Morgan fingerprint density at radius 3 is 2.31 bits per heavy atom. The predicted molar refractivity (Wildman–Crippen MR) is 106 cm³/mol. The van der Waals surface area contributed by atoms with Crippen LogP contribution in [0.3, 0.4) is 0 Å². The number of piperazine rings is 1. The van der Waals surface area contributed by atoms with E-state index in [0.717, 1.165) is 50.4 Å². The molecule has 0 aromatic heterocycles. The minimum Gasteiger partial charge on any atom is -0.493 e. The zero-order chi connectivity index (χ0) is 20.8. The zero-order valence-electron chi connectivity index (χ0n) is 16.6. The van der Waals surface area contributed by atoms with Crippen LogP contribution >= 0.6 is 0 Å². The van der Waals surface area contributed by atoms with Gasteiger partial charge in [0.25, 0.3) is 0 Å². The summed E-state index contributed by atoms with van der Waals surface area (Å²) in [5.74, 6) is -0.369. The van der Waals surface area contributed by atoms with Crippen LogP contribution in [0.4, 0.5) is 14.5 Å². The van der Waals surface area contributed by atoms with Crippen molar-refractivity contribution in [2.45, 2.75) is 6.54 Å². The fourth-order valence-corrected chi connectivity index (χ4v) is 3.33. The molecule has 0 radical (unpaired) electrons. The lowest BCUT2D eigenvalue weighted by Gasteiger charge is -2.34. The van der Waals surface area contributed by atoms with Crippen LogP contribution in [-0.4, -0.2) is 62.7 Å². The molecular weight excluding hydrogens is 380 g/mol. The molecule has 0 unspecified atom stereocenters. The number of nitrogens with zero attached hydrogens (tertiary/aromatic N) is 2. The lowest BCUT2D eigenvalue weighted by Crippen LogP contribution is -2.48. The molecule has 1 aliphatic rings. The highest BCUT2D eigenvalue weighted by Crippen LogP contribution is 2.28. The van der Waals surface area contributed by atoms with E-state index in [4.69, 9.17) is 9.47 Å². The van der Waals surface area contributed by atoms with E-state index in [9.17, 15) is 13.6 Å². The third-order valence-electron chi connectivity index (χ3n) is 4.89. The van der Waals surface area contributed by atoms with Crippen LogP contribution in [0.15, 0.2) is 36.4 Å². The molecule has 0 bridgehead atoms. The number of amides is 1. The first-order chi connectivity index (χ1) is 14.0. The van der Waals surface area contributed by atoms with Crippen LogP contribution < -0.4 is 14.8 Å². The summed E-state index contributed by atoms with van der Waals surface area (Å²) in [4.78, 5) is 16.5. The van der Waals surface area contributed by atoms with Crippen LogP contribution in [0.5, 0.6) is 11.5 Å². The lowest BCUT2D eigenvalue weighted by atomic mass is 10.1. The predicted octanol–water partition coefficient (Wildman–Crippen LogP) is 2.74. The maximum absolute atomic E-state index is 13.7. The number of hydrogen-bond acceptors (Lipinski definition) is 5. The monoisotopic (exact) mass is 405 g/mol. The average Bonchev–Trinajstić information content (AvgIpc) is 2.71. The maximum Gasteiger partial charge on any atom is 0.238 e. The number of carbonyl (C=O) groups is 1. The topological polar surface area (TPSA) is 54.0 Å². The van der Waals surface area contributed by atoms with Gasteiger partial charge in [0.1, 0.15) is 11.6 Å². The van der Waals surface area contributed by atoms with Gasteiger partial charge in [0, 0.05) is 38.8 Å². The van der Waals surface area contributed by atoms with Crippen molar-refractivity contribution in [3.63, 3.8) is 0 Å². The summed E-state index contributed by atoms with van der Waals surface area (Å²) < 4.78 is 37.2. The van der Waals surface area contributed by atoms with E-state index in [1.54, 1.807) is 14.2 Å². The largest absolute Gasteiger partial charge is 0.493 e. The van der Waals surface area contributed by atoms with Crippen molar-refractivity contribution in [3.8, 4) is 11.5 Å². The third-order valence-corrected chi connectivity index (χ3v) is 4.89. The summed E-state index contributed by atoms with van der Waals surface area (Å²) in [5, 5.41) is 2.50. The Morgan fingerprint density at radius 2 is 1.66 bits per heavy atom. The molecule has 1 N–H and O–H groups in total. The van der Waals surface area contributed by atoms with Gasteiger partial charge in [-0.1, -0.05) is 6.07 Å². The van der Waals surface area contributed by atoms with E-state index in [0.29, 0.717) is 11.5 Å². The second kappa shape index (κ2) is 9.67. The van der Waals surface area contributed by atoms with Crippen LogP contribution in [0.25, 0.3) is 0 Å². The molecule has 2 aromatic carbocycles. The molecule has 0 spiro atoms. The molecule has 29 heavy (non-hydrogen) atoms. The molecule has 1 fully saturated rings. The normalized spacial score (nSPS) is 15.2. The smallest absolute Gasteiger partial charge is 0.238 e. The van der Waals surface area contributed by atoms with E-state index in [1.807, 2.05) is 23.1 Å². The standard InChI is InChI=1S/C21H25F2N3O3/c1-28-19-6-3-15(11-20(19)29-2)13-25-7-9-26(10-8-25)14-21(27)24-18-5-4-16(22)12-17(18)23/h3-6,11-12H,7-10,13-14H2,1-2H3,(H,24,27). The van der Waals surface area contributed by atoms with Crippen LogP contribution in [0.1, 0.15) is 5.56 Å². The van der Waals surface area contributed by atoms with E-state index in [2.05, 4.69) is 10.2 Å². The van der Waals surface area contributed by atoms with E-state index in [-0.39, 0.29) is 18.1 Å². The zero-order valence-corrected chi connectivity index (χ0v) is 16.6. The van der Waals surface area contributed by atoms with Gasteiger partial charge in [0.2, 0.25) is 5.91 Å². The average molecular weight is 405 g/mol. The molecule has 8 heteroatoms. The number of ether oxygens (including phenoxy) is 2. The molecule has 6 nitrogen and oxygen atoms in total. The summed E-state index contributed by atoms with van der Waals surface area (Å²) in [6.45, 7) is 4.03. The van der Waals surface area contributed by atoms with Crippen molar-refractivity contribution in [3.05, 3.63) is 53.6 Å². The number of rotatable bonds is 7. The van der Waals surface area contributed by atoms with Crippen LogP contribution in [-0.2, 0) is 11.3 Å². The van der Waals surface area contributed by atoms with Crippen molar-refractivity contribution in [1.82, 2.24) is 9.80 Å². The Morgan fingerprint density at radius 1 is 0.966 bits per heavy atom.